The molecule has 0 heterocycles. The quantitative estimate of drug-likeness (QED) is 0.329. The third-order valence-corrected chi connectivity index (χ3v) is 6.88. The van der Waals surface area contributed by atoms with E-state index < -0.39 is 5.60 Å². The first-order valence-corrected chi connectivity index (χ1v) is 11.5. The fraction of sp³-hybridized carbons (Fsp3) is 0.250. The minimum absolute atomic E-state index is 0.388. The van der Waals surface area contributed by atoms with Crippen LogP contribution in [0, 0.1) is 11.8 Å². The Kier molecular flexibility index (Phi) is 6.53. The van der Waals surface area contributed by atoms with Crippen LogP contribution in [-0.4, -0.2) is 20.1 Å². The molecule has 0 radical (unpaired) electrons. The van der Waals surface area contributed by atoms with Crippen molar-refractivity contribution < 1.29 is 5.11 Å². The first kappa shape index (κ1) is 18.7. The molecule has 0 aliphatic carbocycles. The summed E-state index contributed by atoms with van der Waals surface area (Å²) in [6.07, 6.45) is 2.43. The van der Waals surface area contributed by atoms with Crippen LogP contribution < -0.4 is 0 Å². The van der Waals surface area contributed by atoms with Crippen molar-refractivity contribution in [2.45, 2.75) is 36.0 Å². The molecular weight excluding hydrogens is 383 g/mol. The van der Waals surface area contributed by atoms with Crippen LogP contribution in [0.2, 0.25) is 10.6 Å². The summed E-state index contributed by atoms with van der Waals surface area (Å²) in [6.45, 7) is 2.21. The Morgan fingerprint density at radius 1 is 0.923 bits per heavy atom. The Labute approximate surface area is 162 Å². The fourth-order valence-corrected chi connectivity index (χ4v) is 5.27. The van der Waals surface area contributed by atoms with Gasteiger partial charge in [0, 0.05) is 0 Å². The van der Waals surface area contributed by atoms with Crippen molar-refractivity contribution in [3.63, 3.8) is 0 Å². The molecule has 3 aromatic rings. The van der Waals surface area contributed by atoms with Gasteiger partial charge >= 0.3 is 163 Å². The zero-order chi connectivity index (χ0) is 18.2. The van der Waals surface area contributed by atoms with E-state index in [1.54, 1.807) is 0 Å². The van der Waals surface area contributed by atoms with Gasteiger partial charge in [0.15, 0.2) is 0 Å². The van der Waals surface area contributed by atoms with Crippen LogP contribution in [0.25, 0.3) is 10.8 Å². The van der Waals surface area contributed by atoms with E-state index in [4.69, 9.17) is 0 Å². The molecule has 1 unspecified atom stereocenters. The number of fused-ring (bicyclic) bond motifs is 1. The van der Waals surface area contributed by atoms with E-state index >= 15 is 0 Å². The molecule has 0 amide bonds. The van der Waals surface area contributed by atoms with Gasteiger partial charge in [-0.05, 0) is 0 Å². The molecule has 0 bridgehead atoms. The summed E-state index contributed by atoms with van der Waals surface area (Å²) in [6, 6.07) is 24.4. The molecule has 0 aliphatic rings. The van der Waals surface area contributed by atoms with E-state index in [1.165, 1.54) is 28.9 Å². The van der Waals surface area contributed by atoms with Crippen molar-refractivity contribution >= 4 is 25.7 Å². The van der Waals surface area contributed by atoms with Crippen molar-refractivity contribution in [3.05, 3.63) is 83.9 Å². The van der Waals surface area contributed by atoms with Gasteiger partial charge in [-0.3, -0.25) is 0 Å². The van der Waals surface area contributed by atoms with Gasteiger partial charge in [-0.1, -0.05) is 0 Å². The van der Waals surface area contributed by atoms with Crippen LogP contribution in [0.15, 0.2) is 72.8 Å². The molecule has 0 aliphatic heterocycles. The summed E-state index contributed by atoms with van der Waals surface area (Å²) in [5.74, 6) is 6.42. The predicted molar refractivity (Wildman–Crippen MR) is 111 cm³/mol. The monoisotopic (exact) mass is 408 g/mol. The molecule has 132 valence electrons. The van der Waals surface area contributed by atoms with E-state index in [0.717, 1.165) is 16.4 Å². The van der Waals surface area contributed by atoms with E-state index in [9.17, 15) is 5.11 Å². The molecule has 26 heavy (non-hydrogen) atoms. The topological polar surface area (TPSA) is 20.2 Å². The second-order valence-corrected chi connectivity index (χ2v) is 8.76. The van der Waals surface area contributed by atoms with Crippen molar-refractivity contribution in [2.24, 2.45) is 0 Å². The van der Waals surface area contributed by atoms with Crippen LogP contribution in [0.4, 0.5) is 0 Å². The molecule has 0 fully saturated rings. The van der Waals surface area contributed by atoms with E-state index in [1.807, 2.05) is 48.5 Å². The Hall–Kier alpha value is -2.04. The molecular formula is C24H24OSe. The number of aliphatic hydroxyl groups is 1. The summed E-state index contributed by atoms with van der Waals surface area (Å²) in [7, 11) is 0. The summed E-state index contributed by atoms with van der Waals surface area (Å²) in [5, 5.41) is 15.6. The van der Waals surface area contributed by atoms with Crippen LogP contribution in [0.1, 0.15) is 30.9 Å². The molecule has 3 rings (SSSR count). The molecule has 1 nitrogen and oxygen atoms in total. The average Bonchev–Trinajstić information content (AvgIpc) is 2.70. The van der Waals surface area contributed by atoms with Gasteiger partial charge in [0.2, 0.25) is 0 Å². The first-order valence-electron chi connectivity index (χ1n) is 9.09. The zero-order valence-electron chi connectivity index (χ0n) is 15.1. The number of hydrogen-bond donors (Lipinski definition) is 1. The van der Waals surface area contributed by atoms with Gasteiger partial charge in [-0.25, -0.2) is 0 Å². The van der Waals surface area contributed by atoms with Crippen molar-refractivity contribution in [3.8, 4) is 11.8 Å². The first-order chi connectivity index (χ1) is 12.7. The average molecular weight is 407 g/mol. The molecule has 1 atom stereocenters. The van der Waals surface area contributed by atoms with E-state index in [0.29, 0.717) is 15.0 Å². The van der Waals surface area contributed by atoms with Crippen molar-refractivity contribution in [1.82, 2.24) is 0 Å². The number of unbranched alkanes of at least 4 members (excludes halogenated alkanes) is 1. The molecule has 1 N–H and O–H groups in total. The fourth-order valence-electron chi connectivity index (χ4n) is 2.81. The summed E-state index contributed by atoms with van der Waals surface area (Å²) >= 11 is 0.388. The number of benzene rings is 3. The second kappa shape index (κ2) is 9.06. The Balaban J connectivity index is 1.88. The molecule has 2 heteroatoms. The van der Waals surface area contributed by atoms with Gasteiger partial charge in [0.1, 0.15) is 0 Å². The van der Waals surface area contributed by atoms with E-state index in [-0.39, 0.29) is 0 Å². The van der Waals surface area contributed by atoms with Gasteiger partial charge < -0.3 is 0 Å². The van der Waals surface area contributed by atoms with Crippen LogP contribution in [0.3, 0.4) is 0 Å². The predicted octanol–water partition coefficient (Wildman–Crippen LogP) is 5.42. The zero-order valence-corrected chi connectivity index (χ0v) is 16.8. The van der Waals surface area contributed by atoms with Gasteiger partial charge in [0.05, 0.1) is 0 Å². The molecule has 0 saturated heterocycles. The van der Waals surface area contributed by atoms with Crippen molar-refractivity contribution in [1.29, 1.82) is 0 Å². The summed E-state index contributed by atoms with van der Waals surface area (Å²) in [4.78, 5) is 0. The van der Waals surface area contributed by atoms with Gasteiger partial charge in [-0.15, -0.1) is 0 Å². The minimum atomic E-state index is -1.07. The SMILES string of the molecule is CCCC[Se]CC(O)(C#Cc1ccc2ccccc2c1)c1ccccc1. The number of hydrogen-bond acceptors (Lipinski definition) is 1. The number of rotatable bonds is 6. The summed E-state index contributed by atoms with van der Waals surface area (Å²) < 4.78 is 0. The molecule has 0 spiro atoms. The van der Waals surface area contributed by atoms with Gasteiger partial charge in [-0.2, -0.15) is 0 Å². The maximum atomic E-state index is 11.3. The standard InChI is InChI=1S/C24H24OSe/c1-2-3-17-26-19-24(25,23-11-5-4-6-12-23)16-15-20-13-14-21-9-7-8-10-22(21)18-20/h4-14,18,25H,2-3,17,19H2,1H3. The Morgan fingerprint density at radius 2 is 1.65 bits per heavy atom. The molecule has 0 aromatic heterocycles. The van der Waals surface area contributed by atoms with Crippen LogP contribution in [0.5, 0.6) is 0 Å². The summed E-state index contributed by atoms with van der Waals surface area (Å²) in [5.41, 5.74) is 0.770. The Morgan fingerprint density at radius 3 is 2.42 bits per heavy atom. The van der Waals surface area contributed by atoms with Gasteiger partial charge in [0.25, 0.3) is 0 Å². The molecule has 0 saturated carbocycles. The second-order valence-electron chi connectivity index (χ2n) is 6.44. The maximum absolute atomic E-state index is 11.3. The van der Waals surface area contributed by atoms with E-state index in [2.05, 4.69) is 43.0 Å². The van der Waals surface area contributed by atoms with Crippen LogP contribution in [-0.2, 0) is 5.60 Å². The third kappa shape index (κ3) is 4.77. The van der Waals surface area contributed by atoms with Crippen LogP contribution >= 0.6 is 0 Å². The normalized spacial score (nSPS) is 13.0. The molecule has 3 aromatic carbocycles. The Bertz CT molecular complexity index is 907. The third-order valence-electron chi connectivity index (χ3n) is 4.37. The van der Waals surface area contributed by atoms with Crippen molar-refractivity contribution in [2.75, 3.05) is 0 Å².